The molecule has 112 valence electrons. The number of hydrogen-bond acceptors (Lipinski definition) is 1. The Labute approximate surface area is 152 Å². The van der Waals surface area contributed by atoms with Crippen LogP contribution in [0.4, 0.5) is 0 Å². The molecule has 2 aromatic heterocycles. The summed E-state index contributed by atoms with van der Waals surface area (Å²) >= 11 is 0. The third-order valence-corrected chi connectivity index (χ3v) is 2.65. The van der Waals surface area contributed by atoms with Gasteiger partial charge in [0.1, 0.15) is 0 Å². The monoisotopic (exact) mass is 467 g/mol. The lowest BCUT2D eigenvalue weighted by atomic mass is 10.4. The number of nitrogens with one attached hydrogen (secondary N) is 1. The van der Waals surface area contributed by atoms with Gasteiger partial charge in [-0.05, 0) is 0 Å². The fraction of sp³-hybridized carbons (Fsp3) is 0.286. The normalized spacial score (nSPS) is 8.80. The van der Waals surface area contributed by atoms with Crippen molar-refractivity contribution >= 4 is 17.0 Å². The summed E-state index contributed by atoms with van der Waals surface area (Å²) < 4.78 is 4.37. The zero-order valence-corrected chi connectivity index (χ0v) is 16.0. The van der Waals surface area contributed by atoms with Crippen LogP contribution >= 0.6 is 17.0 Å². The number of halogens is 3. The third-order valence-electron chi connectivity index (χ3n) is 2.65. The van der Waals surface area contributed by atoms with Crippen LogP contribution in [0.3, 0.4) is 0 Å². The molecule has 0 aliphatic rings. The van der Waals surface area contributed by atoms with Gasteiger partial charge in [0.15, 0.2) is 37.9 Å². The van der Waals surface area contributed by atoms with E-state index in [9.17, 15) is 0 Å². The molecule has 0 atom stereocenters. The maximum atomic E-state index is 3.44. The van der Waals surface area contributed by atoms with Gasteiger partial charge in [-0.15, -0.1) is 17.0 Å². The summed E-state index contributed by atoms with van der Waals surface area (Å²) in [5.41, 5.74) is 0. The molecule has 3 nitrogen and oxygen atoms in total. The molecule has 2 rings (SSSR count). The average molecular weight is 470 g/mol. The highest BCUT2D eigenvalue weighted by Gasteiger charge is 1.99. The van der Waals surface area contributed by atoms with Crippen molar-refractivity contribution in [2.75, 3.05) is 13.1 Å². The highest BCUT2D eigenvalue weighted by atomic mass is 79.9. The van der Waals surface area contributed by atoms with Gasteiger partial charge in [-0.3, -0.25) is 0 Å². The van der Waals surface area contributed by atoms with Crippen LogP contribution in [-0.2, 0) is 13.1 Å². The molecular weight excluding hydrogens is 450 g/mol. The topological polar surface area (TPSA) is 19.8 Å². The summed E-state index contributed by atoms with van der Waals surface area (Å²) in [6.45, 7) is 4.03. The van der Waals surface area contributed by atoms with Gasteiger partial charge in [-0.2, -0.15) is 0 Å². The zero-order chi connectivity index (χ0) is 11.8. The molecule has 0 saturated carbocycles. The third kappa shape index (κ3) is 8.79. The lowest BCUT2D eigenvalue weighted by Crippen LogP contribution is -3.00. The molecule has 0 fully saturated rings. The molecule has 0 radical (unpaired) electrons. The van der Waals surface area contributed by atoms with Crippen molar-refractivity contribution in [3.8, 4) is 0 Å². The smallest absolute Gasteiger partial charge is 0.168 e. The van der Waals surface area contributed by atoms with Crippen molar-refractivity contribution in [2.24, 2.45) is 0 Å². The highest BCUT2D eigenvalue weighted by molar-refractivity contribution is 8.93. The summed E-state index contributed by atoms with van der Waals surface area (Å²) in [7, 11) is 0. The second-order valence-corrected chi connectivity index (χ2v) is 3.98. The Morgan fingerprint density at radius 3 is 1.30 bits per heavy atom. The fourth-order valence-corrected chi connectivity index (χ4v) is 1.71. The second kappa shape index (κ2) is 13.7. The summed E-state index contributed by atoms with van der Waals surface area (Å²) in [6.07, 6.45) is 8.36. The van der Waals surface area contributed by atoms with Crippen LogP contribution in [-0.4, -0.2) is 13.1 Å². The van der Waals surface area contributed by atoms with E-state index < -0.39 is 0 Å². The van der Waals surface area contributed by atoms with Gasteiger partial charge in [0.25, 0.3) is 0 Å². The van der Waals surface area contributed by atoms with E-state index in [-0.39, 0.29) is 50.9 Å². The van der Waals surface area contributed by atoms with Crippen molar-refractivity contribution in [1.82, 2.24) is 5.32 Å². The minimum Gasteiger partial charge on any atom is -1.00 e. The van der Waals surface area contributed by atoms with Crippen molar-refractivity contribution in [2.45, 2.75) is 13.1 Å². The molecule has 1 N–H and O–H groups in total. The van der Waals surface area contributed by atoms with E-state index in [2.05, 4.69) is 63.5 Å². The number of hydrogen-bond donors (Lipinski definition) is 1. The molecule has 2 aromatic rings. The number of pyridine rings is 2. The average Bonchev–Trinajstić information content (AvgIpc) is 2.41. The van der Waals surface area contributed by atoms with Crippen molar-refractivity contribution in [3.63, 3.8) is 0 Å². The van der Waals surface area contributed by atoms with Crippen molar-refractivity contribution in [3.05, 3.63) is 61.2 Å². The lowest BCUT2D eigenvalue weighted by molar-refractivity contribution is -0.698. The molecule has 0 aromatic carbocycles. The Kier molecular flexibility index (Phi) is 15.0. The van der Waals surface area contributed by atoms with E-state index in [0.29, 0.717) is 0 Å². The van der Waals surface area contributed by atoms with E-state index in [1.807, 2.05) is 12.1 Å². The van der Waals surface area contributed by atoms with Gasteiger partial charge in [0.2, 0.25) is 0 Å². The second-order valence-electron chi connectivity index (χ2n) is 3.98. The predicted molar refractivity (Wildman–Crippen MR) is 76.5 cm³/mol. The predicted octanol–water partition coefficient (Wildman–Crippen LogP) is -4.86. The van der Waals surface area contributed by atoms with Crippen molar-refractivity contribution < 1.29 is 43.1 Å². The summed E-state index contributed by atoms with van der Waals surface area (Å²) in [5.74, 6) is 0. The Bertz CT molecular complexity index is 385. The molecule has 0 spiro atoms. The first kappa shape index (κ1) is 22.0. The summed E-state index contributed by atoms with van der Waals surface area (Å²) in [5, 5.41) is 3.44. The minimum atomic E-state index is 0. The van der Waals surface area contributed by atoms with Gasteiger partial charge >= 0.3 is 0 Å². The highest BCUT2D eigenvalue weighted by Crippen LogP contribution is 1.77. The van der Waals surface area contributed by atoms with Crippen LogP contribution in [0, 0.1) is 0 Å². The Hall–Kier alpha value is -0.300. The van der Waals surface area contributed by atoms with Crippen LogP contribution in [0.2, 0.25) is 0 Å². The Morgan fingerprint density at radius 2 is 0.950 bits per heavy atom. The number of nitrogens with zero attached hydrogens (tertiary/aromatic N) is 2. The van der Waals surface area contributed by atoms with Gasteiger partial charge < -0.3 is 39.3 Å². The molecule has 20 heavy (non-hydrogen) atoms. The van der Waals surface area contributed by atoms with Gasteiger partial charge in [-0.1, -0.05) is 12.1 Å². The number of aromatic nitrogens is 2. The molecule has 2 heterocycles. The minimum absolute atomic E-state index is 0. The van der Waals surface area contributed by atoms with Crippen molar-refractivity contribution in [1.29, 1.82) is 0 Å². The molecule has 0 unspecified atom stereocenters. The Balaban J connectivity index is 0. The maximum Gasteiger partial charge on any atom is 0.168 e. The summed E-state index contributed by atoms with van der Waals surface area (Å²) in [6, 6.07) is 12.3. The van der Waals surface area contributed by atoms with Crippen LogP contribution in [0.1, 0.15) is 0 Å². The van der Waals surface area contributed by atoms with Crippen LogP contribution in [0.15, 0.2) is 61.2 Å². The van der Waals surface area contributed by atoms with E-state index in [1.165, 1.54) is 0 Å². The fourth-order valence-electron chi connectivity index (χ4n) is 1.71. The molecular formula is C14H20Br3N3. The van der Waals surface area contributed by atoms with E-state index in [1.54, 1.807) is 0 Å². The van der Waals surface area contributed by atoms with Gasteiger partial charge in [0.05, 0.1) is 13.1 Å². The van der Waals surface area contributed by atoms with Crippen LogP contribution < -0.4 is 48.4 Å². The molecule has 0 amide bonds. The first-order valence-electron chi connectivity index (χ1n) is 6.04. The quantitative estimate of drug-likeness (QED) is 0.332. The first-order valence-corrected chi connectivity index (χ1v) is 6.04. The standard InChI is InChI=1S/C14H19N3.3BrH/c1-3-9-16(10-4-1)13-7-15-8-14-17-11-5-2-6-12-17;;;/h1-6,9-12,15H,7-8,13-14H2;3*1H/q+2;;;/p-2. The number of rotatable bonds is 6. The lowest BCUT2D eigenvalue weighted by Gasteiger charge is -2.00. The molecule has 0 bridgehead atoms. The zero-order valence-electron chi connectivity index (χ0n) is 11.2. The van der Waals surface area contributed by atoms with Crippen LogP contribution in [0.5, 0.6) is 0 Å². The van der Waals surface area contributed by atoms with E-state index in [0.717, 1.165) is 26.2 Å². The Morgan fingerprint density at radius 1 is 0.600 bits per heavy atom. The largest absolute Gasteiger partial charge is 1.00 e. The van der Waals surface area contributed by atoms with Gasteiger partial charge in [-0.25, -0.2) is 9.13 Å². The van der Waals surface area contributed by atoms with E-state index >= 15 is 0 Å². The molecule has 0 aliphatic carbocycles. The molecule has 0 saturated heterocycles. The van der Waals surface area contributed by atoms with Gasteiger partial charge in [0, 0.05) is 24.3 Å². The summed E-state index contributed by atoms with van der Waals surface area (Å²) in [4.78, 5) is 0. The van der Waals surface area contributed by atoms with E-state index in [4.69, 9.17) is 0 Å². The van der Waals surface area contributed by atoms with Crippen LogP contribution in [0.25, 0.3) is 0 Å². The molecule has 0 aliphatic heterocycles. The maximum absolute atomic E-state index is 3.44. The molecule has 6 heteroatoms. The SMILES string of the molecule is Br.[Br-].[Br-].c1cc[n+](CCNCC[n+]2ccccc2)cc1. The first-order chi connectivity index (χ1) is 8.45.